The minimum absolute atomic E-state index is 0.0903. The summed E-state index contributed by atoms with van der Waals surface area (Å²) in [7, 11) is -3.70. The second-order valence-electron chi connectivity index (χ2n) is 6.28. The molecule has 0 bridgehead atoms. The number of morpholine rings is 1. The first-order valence-electron chi connectivity index (χ1n) is 8.34. The fourth-order valence-electron chi connectivity index (χ4n) is 2.90. The molecule has 1 N–H and O–H groups in total. The Kier molecular flexibility index (Phi) is 5.36. The molecule has 8 heteroatoms. The normalized spacial score (nSPS) is 21.3. The number of nitrogens with zero attached hydrogens (tertiary/aromatic N) is 2. The van der Waals surface area contributed by atoms with Crippen molar-refractivity contribution in [2.75, 3.05) is 18.4 Å². The number of carbonyl (C=O) groups excluding carboxylic acids is 1. The van der Waals surface area contributed by atoms with Crippen molar-refractivity contribution in [1.82, 2.24) is 9.29 Å². The number of pyridine rings is 1. The molecule has 138 valence electrons. The van der Waals surface area contributed by atoms with E-state index >= 15 is 0 Å². The van der Waals surface area contributed by atoms with Gasteiger partial charge in [0.25, 0.3) is 5.91 Å². The molecule has 26 heavy (non-hydrogen) atoms. The number of nitrogens with one attached hydrogen (secondary N) is 1. The zero-order valence-electron chi connectivity index (χ0n) is 14.6. The van der Waals surface area contributed by atoms with Gasteiger partial charge in [0.15, 0.2) is 0 Å². The fourth-order valence-corrected chi connectivity index (χ4v) is 4.54. The van der Waals surface area contributed by atoms with Crippen molar-refractivity contribution in [3.05, 3.63) is 54.2 Å². The van der Waals surface area contributed by atoms with Gasteiger partial charge in [0.05, 0.1) is 17.1 Å². The summed E-state index contributed by atoms with van der Waals surface area (Å²) in [5, 5.41) is 2.65. The fraction of sp³-hybridized carbons (Fsp3) is 0.333. The summed E-state index contributed by atoms with van der Waals surface area (Å²) < 4.78 is 32.9. The van der Waals surface area contributed by atoms with Crippen molar-refractivity contribution in [3.63, 3.8) is 0 Å². The third kappa shape index (κ3) is 4.09. The maximum atomic E-state index is 12.9. The number of ether oxygens (including phenoxy) is 1. The average molecular weight is 375 g/mol. The molecule has 0 spiro atoms. The molecule has 1 fully saturated rings. The molecule has 1 aromatic carbocycles. The summed E-state index contributed by atoms with van der Waals surface area (Å²) in [5.74, 6) is -0.00828. The highest BCUT2D eigenvalue weighted by Gasteiger charge is 2.32. The lowest BCUT2D eigenvalue weighted by Crippen LogP contribution is -2.48. The Balaban J connectivity index is 1.83. The summed E-state index contributed by atoms with van der Waals surface area (Å²) in [5.41, 5.74) is 0.256. The highest BCUT2D eigenvalue weighted by Crippen LogP contribution is 2.22. The van der Waals surface area contributed by atoms with Gasteiger partial charge in [-0.1, -0.05) is 12.1 Å². The van der Waals surface area contributed by atoms with Crippen LogP contribution in [0.15, 0.2) is 53.6 Å². The Labute approximate surface area is 153 Å². The number of carbonyl (C=O) groups is 1. The molecular weight excluding hydrogens is 354 g/mol. The zero-order chi connectivity index (χ0) is 18.7. The number of amides is 1. The zero-order valence-corrected chi connectivity index (χ0v) is 15.4. The lowest BCUT2D eigenvalue weighted by atomic mass is 10.2. The van der Waals surface area contributed by atoms with Gasteiger partial charge >= 0.3 is 0 Å². The van der Waals surface area contributed by atoms with E-state index in [1.807, 2.05) is 13.8 Å². The molecule has 0 aliphatic carbocycles. The van der Waals surface area contributed by atoms with E-state index in [4.69, 9.17) is 4.74 Å². The number of aromatic nitrogens is 1. The van der Waals surface area contributed by atoms with Crippen molar-refractivity contribution in [3.8, 4) is 0 Å². The topological polar surface area (TPSA) is 88.6 Å². The Morgan fingerprint density at radius 1 is 1.15 bits per heavy atom. The van der Waals surface area contributed by atoms with Crippen LogP contribution < -0.4 is 5.32 Å². The number of hydrogen-bond acceptors (Lipinski definition) is 5. The van der Waals surface area contributed by atoms with Crippen LogP contribution in [0.1, 0.15) is 24.2 Å². The first-order chi connectivity index (χ1) is 12.4. The van der Waals surface area contributed by atoms with Crippen molar-refractivity contribution in [2.45, 2.75) is 31.0 Å². The van der Waals surface area contributed by atoms with Crippen molar-refractivity contribution in [1.29, 1.82) is 0 Å². The third-order valence-electron chi connectivity index (χ3n) is 4.03. The quantitative estimate of drug-likeness (QED) is 0.884. The molecule has 1 aliphatic heterocycles. The van der Waals surface area contributed by atoms with E-state index in [9.17, 15) is 13.2 Å². The van der Waals surface area contributed by atoms with E-state index in [0.717, 1.165) is 0 Å². The van der Waals surface area contributed by atoms with Gasteiger partial charge in [0.2, 0.25) is 10.0 Å². The molecule has 2 atom stereocenters. The summed E-state index contributed by atoms with van der Waals surface area (Å²) >= 11 is 0. The molecular formula is C18H21N3O4S. The van der Waals surface area contributed by atoms with Gasteiger partial charge < -0.3 is 10.1 Å². The molecule has 7 nitrogen and oxygen atoms in total. The molecule has 2 heterocycles. The highest BCUT2D eigenvalue weighted by molar-refractivity contribution is 7.89. The SMILES string of the molecule is C[C@@H]1CN(S(=O)(=O)c2cccc(C(=O)Nc3ccccn3)c2)C[C@H](C)O1. The highest BCUT2D eigenvalue weighted by atomic mass is 32.2. The van der Waals surface area contributed by atoms with Crippen LogP contribution in [-0.4, -0.2) is 48.9 Å². The Morgan fingerprint density at radius 2 is 1.88 bits per heavy atom. The third-order valence-corrected chi connectivity index (χ3v) is 5.85. The van der Waals surface area contributed by atoms with E-state index in [1.54, 1.807) is 36.5 Å². The molecule has 1 aliphatic rings. The van der Waals surface area contributed by atoms with E-state index in [0.29, 0.717) is 5.82 Å². The van der Waals surface area contributed by atoms with Crippen molar-refractivity contribution < 1.29 is 17.9 Å². The number of benzene rings is 1. The van der Waals surface area contributed by atoms with Crippen LogP contribution in [-0.2, 0) is 14.8 Å². The maximum absolute atomic E-state index is 12.9. The minimum Gasteiger partial charge on any atom is -0.373 e. The van der Waals surface area contributed by atoms with Crippen LogP contribution in [0.5, 0.6) is 0 Å². The van der Waals surface area contributed by atoms with Crippen LogP contribution in [0.4, 0.5) is 5.82 Å². The Bertz CT molecular complexity index is 876. The number of sulfonamides is 1. The smallest absolute Gasteiger partial charge is 0.256 e. The lowest BCUT2D eigenvalue weighted by molar-refractivity contribution is -0.0440. The minimum atomic E-state index is -3.70. The summed E-state index contributed by atoms with van der Waals surface area (Å²) in [6, 6.07) is 11.2. The monoisotopic (exact) mass is 375 g/mol. The molecule has 3 rings (SSSR count). The van der Waals surface area contributed by atoms with Crippen LogP contribution in [0.3, 0.4) is 0 Å². The second kappa shape index (κ2) is 7.53. The van der Waals surface area contributed by atoms with Gasteiger partial charge in [0, 0.05) is 24.8 Å². The Hall–Kier alpha value is -2.29. The largest absolute Gasteiger partial charge is 0.373 e. The molecule has 1 amide bonds. The van der Waals surface area contributed by atoms with E-state index in [2.05, 4.69) is 10.3 Å². The number of hydrogen-bond donors (Lipinski definition) is 1. The second-order valence-corrected chi connectivity index (χ2v) is 8.21. The van der Waals surface area contributed by atoms with Crippen molar-refractivity contribution in [2.24, 2.45) is 0 Å². The van der Waals surface area contributed by atoms with E-state index in [1.165, 1.54) is 16.4 Å². The molecule has 0 unspecified atom stereocenters. The van der Waals surface area contributed by atoms with Gasteiger partial charge in [-0.2, -0.15) is 4.31 Å². The van der Waals surface area contributed by atoms with Crippen LogP contribution in [0.25, 0.3) is 0 Å². The molecule has 1 aromatic heterocycles. The first-order valence-corrected chi connectivity index (χ1v) is 9.78. The van der Waals surface area contributed by atoms with Crippen molar-refractivity contribution >= 4 is 21.7 Å². The average Bonchev–Trinajstić information content (AvgIpc) is 2.62. The molecule has 1 saturated heterocycles. The summed E-state index contributed by atoms with van der Waals surface area (Å²) in [4.78, 5) is 16.5. The van der Waals surface area contributed by atoms with Crippen LogP contribution >= 0.6 is 0 Å². The number of rotatable bonds is 4. The van der Waals surface area contributed by atoms with E-state index in [-0.39, 0.29) is 35.8 Å². The predicted molar refractivity (Wildman–Crippen MR) is 97.4 cm³/mol. The van der Waals surface area contributed by atoms with Gasteiger partial charge in [-0.25, -0.2) is 13.4 Å². The Morgan fingerprint density at radius 3 is 2.54 bits per heavy atom. The van der Waals surface area contributed by atoms with Gasteiger partial charge in [-0.05, 0) is 44.2 Å². The predicted octanol–water partition coefficient (Wildman–Crippen LogP) is 2.13. The van der Waals surface area contributed by atoms with Crippen LogP contribution in [0, 0.1) is 0 Å². The van der Waals surface area contributed by atoms with Crippen LogP contribution in [0.2, 0.25) is 0 Å². The maximum Gasteiger partial charge on any atom is 0.256 e. The number of anilines is 1. The van der Waals surface area contributed by atoms with E-state index < -0.39 is 15.9 Å². The summed E-state index contributed by atoms with van der Waals surface area (Å²) in [6.07, 6.45) is 1.21. The summed E-state index contributed by atoms with van der Waals surface area (Å²) in [6.45, 7) is 4.26. The lowest BCUT2D eigenvalue weighted by Gasteiger charge is -2.34. The standard InChI is InChI=1S/C18H21N3O4S/c1-13-11-21(12-14(2)25-13)26(23,24)16-7-5-6-15(10-16)18(22)20-17-8-3-4-9-19-17/h3-10,13-14H,11-12H2,1-2H3,(H,19,20,22)/t13-,14+. The van der Waals surface area contributed by atoms with Gasteiger partial charge in [0.1, 0.15) is 5.82 Å². The molecule has 0 saturated carbocycles. The molecule has 0 radical (unpaired) electrons. The van der Waals surface area contributed by atoms with Gasteiger partial charge in [-0.3, -0.25) is 4.79 Å². The molecule has 2 aromatic rings. The first kappa shape index (κ1) is 18.5. The van der Waals surface area contributed by atoms with Gasteiger partial charge in [-0.15, -0.1) is 0 Å².